The van der Waals surface area contributed by atoms with Crippen LogP contribution in [0, 0.1) is 18.6 Å². The smallest absolute Gasteiger partial charge is 0.319 e. The van der Waals surface area contributed by atoms with Crippen molar-refractivity contribution in [1.82, 2.24) is 15.3 Å². The summed E-state index contributed by atoms with van der Waals surface area (Å²) >= 11 is 0. The molecule has 0 bridgehead atoms. The zero-order valence-electron chi connectivity index (χ0n) is 14.0. The lowest BCUT2D eigenvalue weighted by Gasteiger charge is -2.11. The molecule has 1 aromatic carbocycles. The summed E-state index contributed by atoms with van der Waals surface area (Å²) in [5, 5.41) is 10.8. The van der Waals surface area contributed by atoms with Crippen molar-refractivity contribution in [2.45, 2.75) is 13.8 Å². The van der Waals surface area contributed by atoms with E-state index in [2.05, 4.69) is 31.2 Å². The Labute approximate surface area is 144 Å². The molecule has 2 amide bonds. The van der Waals surface area contributed by atoms with E-state index in [1.165, 1.54) is 6.07 Å². The molecule has 0 saturated heterocycles. The first-order valence-corrected chi connectivity index (χ1v) is 7.82. The highest BCUT2D eigenvalue weighted by molar-refractivity contribution is 5.89. The fourth-order valence-electron chi connectivity index (χ4n) is 2.07. The van der Waals surface area contributed by atoms with Crippen LogP contribution in [0.1, 0.15) is 12.7 Å². The topological polar surface area (TPSA) is 91.0 Å². The molecule has 0 atom stereocenters. The molecular formula is C16H20F2N6O. The monoisotopic (exact) mass is 350 g/mol. The predicted octanol–water partition coefficient (Wildman–Crippen LogP) is 2.73. The van der Waals surface area contributed by atoms with E-state index < -0.39 is 23.4 Å². The lowest BCUT2D eigenvalue weighted by molar-refractivity contribution is 0.252. The lowest BCUT2D eigenvalue weighted by Crippen LogP contribution is -2.33. The molecule has 25 heavy (non-hydrogen) atoms. The average Bonchev–Trinajstić information content (AvgIpc) is 2.55. The fourth-order valence-corrected chi connectivity index (χ4v) is 2.07. The van der Waals surface area contributed by atoms with Crippen LogP contribution in [0.15, 0.2) is 24.3 Å². The first-order valence-electron chi connectivity index (χ1n) is 7.82. The molecule has 0 fully saturated rings. The van der Waals surface area contributed by atoms with Crippen LogP contribution in [0.2, 0.25) is 0 Å². The molecule has 0 aliphatic carbocycles. The minimum absolute atomic E-state index is 0.238. The van der Waals surface area contributed by atoms with Gasteiger partial charge in [0.1, 0.15) is 34.8 Å². The number of aromatic nitrogens is 2. The van der Waals surface area contributed by atoms with E-state index in [0.29, 0.717) is 24.0 Å². The van der Waals surface area contributed by atoms with Crippen molar-refractivity contribution in [2.75, 3.05) is 35.6 Å². The molecule has 0 spiro atoms. The maximum absolute atomic E-state index is 13.4. The number of aryl methyl sites for hydroxylation is 1. The highest BCUT2D eigenvalue weighted by Crippen LogP contribution is 2.17. The van der Waals surface area contributed by atoms with Gasteiger partial charge in [-0.15, -0.1) is 0 Å². The molecule has 4 N–H and O–H groups in total. The number of halogens is 2. The van der Waals surface area contributed by atoms with Crippen LogP contribution in [-0.2, 0) is 0 Å². The molecule has 7 nitrogen and oxygen atoms in total. The van der Waals surface area contributed by atoms with Crippen molar-refractivity contribution in [3.05, 3.63) is 41.7 Å². The van der Waals surface area contributed by atoms with E-state index in [9.17, 15) is 13.6 Å². The van der Waals surface area contributed by atoms with E-state index in [-0.39, 0.29) is 6.54 Å². The van der Waals surface area contributed by atoms with Crippen LogP contribution in [-0.4, -0.2) is 35.6 Å². The molecule has 0 aliphatic rings. The van der Waals surface area contributed by atoms with E-state index in [1.807, 2.05) is 6.92 Å². The predicted molar refractivity (Wildman–Crippen MR) is 92.8 cm³/mol. The van der Waals surface area contributed by atoms with Gasteiger partial charge in [0.15, 0.2) is 0 Å². The summed E-state index contributed by atoms with van der Waals surface area (Å²) in [5.41, 5.74) is -0.477. The first kappa shape index (κ1) is 18.4. The maximum atomic E-state index is 13.4. The molecule has 9 heteroatoms. The first-order chi connectivity index (χ1) is 12.0. The number of carbonyl (C=O) groups excluding carboxylic acids is 1. The Morgan fingerprint density at radius 2 is 1.72 bits per heavy atom. The zero-order chi connectivity index (χ0) is 18.2. The van der Waals surface area contributed by atoms with Crippen LogP contribution in [0.25, 0.3) is 0 Å². The third-order valence-electron chi connectivity index (χ3n) is 3.11. The van der Waals surface area contributed by atoms with Crippen LogP contribution in [0.4, 0.5) is 30.9 Å². The zero-order valence-corrected chi connectivity index (χ0v) is 14.0. The number of nitrogens with one attached hydrogen (secondary N) is 4. The average molecular weight is 350 g/mol. The maximum Gasteiger partial charge on any atom is 0.319 e. The van der Waals surface area contributed by atoms with Crippen LogP contribution in [0.3, 0.4) is 0 Å². The Kier molecular flexibility index (Phi) is 6.44. The van der Waals surface area contributed by atoms with Crippen molar-refractivity contribution < 1.29 is 13.6 Å². The summed E-state index contributed by atoms with van der Waals surface area (Å²) in [5.74, 6) is 0.270. The number of amides is 2. The normalized spacial score (nSPS) is 10.2. The Morgan fingerprint density at radius 3 is 2.36 bits per heavy atom. The quantitative estimate of drug-likeness (QED) is 0.577. The number of urea groups is 1. The SMILES string of the molecule is CCNc1cc(NCCNC(=O)Nc2c(F)cccc2F)nc(C)n1. The molecule has 1 aromatic heterocycles. The second-order valence-electron chi connectivity index (χ2n) is 5.12. The van der Waals surface area contributed by atoms with E-state index >= 15 is 0 Å². The molecule has 2 aromatic rings. The number of nitrogens with zero attached hydrogens (tertiary/aromatic N) is 2. The van der Waals surface area contributed by atoms with Crippen LogP contribution >= 0.6 is 0 Å². The standard InChI is InChI=1S/C16H20F2N6O/c1-3-19-13-9-14(23-10(2)22-13)20-7-8-21-16(25)24-15-11(17)5-4-6-12(15)18/h4-6,9H,3,7-8H2,1-2H3,(H2,21,24,25)(H2,19,20,22,23). The number of anilines is 3. The van der Waals surface area contributed by atoms with Crippen molar-refractivity contribution in [1.29, 1.82) is 0 Å². The molecule has 134 valence electrons. The Hall–Kier alpha value is -2.97. The fraction of sp³-hybridized carbons (Fsp3) is 0.312. The molecule has 2 rings (SSSR count). The van der Waals surface area contributed by atoms with Gasteiger partial charge in [-0.05, 0) is 26.0 Å². The van der Waals surface area contributed by atoms with E-state index in [0.717, 1.165) is 18.7 Å². The number of carbonyl (C=O) groups is 1. The third-order valence-corrected chi connectivity index (χ3v) is 3.11. The second kappa shape index (κ2) is 8.76. The van der Waals surface area contributed by atoms with Crippen LogP contribution in [0.5, 0.6) is 0 Å². The number of hydrogen-bond donors (Lipinski definition) is 4. The highest BCUT2D eigenvalue weighted by Gasteiger charge is 2.11. The number of para-hydroxylation sites is 1. The van der Waals surface area contributed by atoms with Crippen molar-refractivity contribution in [3.63, 3.8) is 0 Å². The summed E-state index contributed by atoms with van der Waals surface area (Å²) in [7, 11) is 0. The van der Waals surface area contributed by atoms with E-state index in [4.69, 9.17) is 0 Å². The number of benzene rings is 1. The molecule has 0 aliphatic heterocycles. The van der Waals surface area contributed by atoms with Gasteiger partial charge in [0, 0.05) is 25.7 Å². The van der Waals surface area contributed by atoms with Crippen LogP contribution < -0.4 is 21.3 Å². The van der Waals surface area contributed by atoms with Gasteiger partial charge in [-0.25, -0.2) is 23.5 Å². The summed E-state index contributed by atoms with van der Waals surface area (Å²) in [6, 6.07) is 4.42. The molecule has 0 saturated carbocycles. The van der Waals surface area contributed by atoms with E-state index in [1.54, 1.807) is 13.0 Å². The van der Waals surface area contributed by atoms with Gasteiger partial charge in [0.05, 0.1) is 0 Å². The van der Waals surface area contributed by atoms with Gasteiger partial charge < -0.3 is 21.3 Å². The van der Waals surface area contributed by atoms with Gasteiger partial charge in [-0.2, -0.15) is 0 Å². The number of hydrogen-bond acceptors (Lipinski definition) is 5. The minimum Gasteiger partial charge on any atom is -0.370 e. The lowest BCUT2D eigenvalue weighted by atomic mass is 10.3. The van der Waals surface area contributed by atoms with Gasteiger partial charge in [0.2, 0.25) is 0 Å². The van der Waals surface area contributed by atoms with Gasteiger partial charge in [0.25, 0.3) is 0 Å². The summed E-state index contributed by atoms with van der Waals surface area (Å²) in [6.07, 6.45) is 0. The van der Waals surface area contributed by atoms with Gasteiger partial charge in [-0.3, -0.25) is 0 Å². The second-order valence-corrected chi connectivity index (χ2v) is 5.12. The largest absolute Gasteiger partial charge is 0.370 e. The van der Waals surface area contributed by atoms with Crippen molar-refractivity contribution >= 4 is 23.4 Å². The Bertz CT molecular complexity index is 720. The highest BCUT2D eigenvalue weighted by atomic mass is 19.1. The summed E-state index contributed by atoms with van der Waals surface area (Å²) in [4.78, 5) is 20.2. The molecule has 0 unspecified atom stereocenters. The summed E-state index contributed by atoms with van der Waals surface area (Å²) in [6.45, 7) is 5.10. The number of rotatable bonds is 7. The molecular weight excluding hydrogens is 330 g/mol. The molecule has 1 heterocycles. The minimum atomic E-state index is -0.833. The van der Waals surface area contributed by atoms with Crippen molar-refractivity contribution in [3.8, 4) is 0 Å². The third kappa shape index (κ3) is 5.55. The van der Waals surface area contributed by atoms with Gasteiger partial charge >= 0.3 is 6.03 Å². The Balaban J connectivity index is 1.80. The van der Waals surface area contributed by atoms with Gasteiger partial charge in [-0.1, -0.05) is 6.07 Å². The molecule has 0 radical (unpaired) electrons. The van der Waals surface area contributed by atoms with Crippen molar-refractivity contribution in [2.24, 2.45) is 0 Å². The Morgan fingerprint density at radius 1 is 1.08 bits per heavy atom. The summed E-state index contributed by atoms with van der Waals surface area (Å²) < 4.78 is 26.9.